The highest BCUT2D eigenvalue weighted by molar-refractivity contribution is 5.69. The van der Waals surface area contributed by atoms with Crippen LogP contribution in [-0.4, -0.2) is 43.5 Å². The van der Waals surface area contributed by atoms with Gasteiger partial charge in [0, 0.05) is 13.7 Å². The fourth-order valence-corrected chi connectivity index (χ4v) is 2.63. The first kappa shape index (κ1) is 16.6. The lowest BCUT2D eigenvalue weighted by molar-refractivity contribution is 0.000877. The van der Waals surface area contributed by atoms with Crippen molar-refractivity contribution < 1.29 is 19.0 Å². The largest absolute Gasteiger partial charge is 0.497 e. The summed E-state index contributed by atoms with van der Waals surface area (Å²) in [6.07, 6.45) is 0.454. The maximum Gasteiger partial charge on any atom is 0.410 e. The van der Waals surface area contributed by atoms with Crippen LogP contribution >= 0.6 is 0 Å². The van der Waals surface area contributed by atoms with Gasteiger partial charge in [-0.15, -0.1) is 0 Å². The Bertz CT molecular complexity index is 536. The summed E-state index contributed by atoms with van der Waals surface area (Å²) < 4.78 is 16.1. The predicted molar refractivity (Wildman–Crippen MR) is 84.1 cm³/mol. The van der Waals surface area contributed by atoms with E-state index >= 15 is 0 Å². The van der Waals surface area contributed by atoms with Gasteiger partial charge in [-0.3, -0.25) is 4.90 Å². The number of carbonyl (C=O) groups excluding carboxylic acids is 1. The lowest BCUT2D eigenvalue weighted by Crippen LogP contribution is -2.48. The van der Waals surface area contributed by atoms with Gasteiger partial charge in [-0.25, -0.2) is 4.79 Å². The van der Waals surface area contributed by atoms with Gasteiger partial charge in [0.25, 0.3) is 0 Å². The quantitative estimate of drug-likeness (QED) is 0.861. The zero-order valence-corrected chi connectivity index (χ0v) is 14.0. The van der Waals surface area contributed by atoms with Gasteiger partial charge in [-0.05, 0) is 50.5 Å². The fourth-order valence-electron chi connectivity index (χ4n) is 2.63. The number of fused-ring (bicyclic) bond motifs is 1. The molecule has 0 bridgehead atoms. The Morgan fingerprint density at radius 3 is 2.59 bits per heavy atom. The molecule has 1 atom stereocenters. The summed E-state index contributed by atoms with van der Waals surface area (Å²) in [5.41, 5.74) is 1.81. The number of hydrogen-bond acceptors (Lipinski definition) is 4. The van der Waals surface area contributed by atoms with Crippen molar-refractivity contribution >= 4 is 6.09 Å². The lowest BCUT2D eigenvalue weighted by atomic mass is 9.94. The van der Waals surface area contributed by atoms with Crippen molar-refractivity contribution in [2.24, 2.45) is 0 Å². The molecule has 5 heteroatoms. The topological polar surface area (TPSA) is 48.0 Å². The van der Waals surface area contributed by atoms with Gasteiger partial charge >= 0.3 is 6.09 Å². The second-order valence-electron chi connectivity index (χ2n) is 6.56. The average molecular weight is 307 g/mol. The minimum Gasteiger partial charge on any atom is -0.497 e. The van der Waals surface area contributed by atoms with Crippen LogP contribution in [0.15, 0.2) is 18.2 Å². The van der Waals surface area contributed by atoms with Crippen LogP contribution in [0.3, 0.4) is 0 Å². The zero-order chi connectivity index (χ0) is 16.3. The molecule has 122 valence electrons. The highest BCUT2D eigenvalue weighted by Crippen LogP contribution is 2.28. The van der Waals surface area contributed by atoms with Crippen molar-refractivity contribution in [1.82, 2.24) is 4.90 Å². The molecule has 0 N–H and O–H groups in total. The maximum absolute atomic E-state index is 12.5. The lowest BCUT2D eigenvalue weighted by Gasteiger charge is -2.37. The molecular formula is C17H25NO4. The van der Waals surface area contributed by atoms with Crippen molar-refractivity contribution in [2.75, 3.05) is 20.8 Å². The SMILES string of the molecule is COC[C@@H]1Cc2ccc(OC)cc2CN1C(=O)OC(C)(C)C. The molecule has 1 aromatic rings. The van der Waals surface area contributed by atoms with Crippen LogP contribution in [0.2, 0.25) is 0 Å². The fraction of sp³-hybridized carbons (Fsp3) is 0.588. The van der Waals surface area contributed by atoms with Gasteiger partial charge in [-0.1, -0.05) is 6.07 Å². The second-order valence-corrected chi connectivity index (χ2v) is 6.56. The number of carbonyl (C=O) groups is 1. The molecule has 2 rings (SSSR count). The van der Waals surface area contributed by atoms with Crippen molar-refractivity contribution in [1.29, 1.82) is 0 Å². The third kappa shape index (κ3) is 3.91. The zero-order valence-electron chi connectivity index (χ0n) is 14.0. The van der Waals surface area contributed by atoms with E-state index in [9.17, 15) is 4.79 Å². The summed E-state index contributed by atoms with van der Waals surface area (Å²) >= 11 is 0. The third-order valence-corrected chi connectivity index (χ3v) is 3.64. The molecule has 1 amide bonds. The number of amides is 1. The summed E-state index contributed by atoms with van der Waals surface area (Å²) in [5, 5.41) is 0. The monoisotopic (exact) mass is 307 g/mol. The Labute approximate surface area is 132 Å². The van der Waals surface area contributed by atoms with E-state index in [-0.39, 0.29) is 12.1 Å². The normalized spacial score (nSPS) is 17.9. The van der Waals surface area contributed by atoms with Crippen LogP contribution in [0.1, 0.15) is 31.9 Å². The molecule has 0 unspecified atom stereocenters. The first-order chi connectivity index (χ1) is 10.3. The first-order valence-corrected chi connectivity index (χ1v) is 7.48. The van der Waals surface area contributed by atoms with E-state index in [1.54, 1.807) is 19.1 Å². The van der Waals surface area contributed by atoms with E-state index in [1.807, 2.05) is 32.9 Å². The predicted octanol–water partition coefficient (Wildman–Crippen LogP) is 3.00. The van der Waals surface area contributed by atoms with Gasteiger partial charge in [0.2, 0.25) is 0 Å². The summed E-state index contributed by atoms with van der Waals surface area (Å²) in [6, 6.07) is 5.98. The van der Waals surface area contributed by atoms with Crippen LogP contribution in [0.4, 0.5) is 4.79 Å². The van der Waals surface area contributed by atoms with Crippen LogP contribution < -0.4 is 4.74 Å². The molecule has 0 saturated carbocycles. The van der Waals surface area contributed by atoms with Gasteiger partial charge < -0.3 is 14.2 Å². The first-order valence-electron chi connectivity index (χ1n) is 7.48. The second kappa shape index (κ2) is 6.57. The molecule has 5 nitrogen and oxygen atoms in total. The van der Waals surface area contributed by atoms with Gasteiger partial charge in [-0.2, -0.15) is 0 Å². The molecule has 1 aliphatic rings. The minimum absolute atomic E-state index is 0.0132. The van der Waals surface area contributed by atoms with Crippen LogP contribution in [0.25, 0.3) is 0 Å². The van der Waals surface area contributed by atoms with Crippen LogP contribution in [-0.2, 0) is 22.4 Å². The molecular weight excluding hydrogens is 282 g/mol. The van der Waals surface area contributed by atoms with E-state index in [2.05, 4.69) is 6.07 Å². The number of rotatable bonds is 3. The highest BCUT2D eigenvalue weighted by atomic mass is 16.6. The highest BCUT2D eigenvalue weighted by Gasteiger charge is 2.32. The van der Waals surface area contributed by atoms with Gasteiger partial charge in [0.05, 0.1) is 19.8 Å². The van der Waals surface area contributed by atoms with Gasteiger partial charge in [0.1, 0.15) is 11.4 Å². The molecule has 1 aliphatic heterocycles. The number of benzene rings is 1. The Hall–Kier alpha value is -1.75. The smallest absolute Gasteiger partial charge is 0.410 e. The Morgan fingerprint density at radius 1 is 1.27 bits per heavy atom. The summed E-state index contributed by atoms with van der Waals surface area (Å²) in [4.78, 5) is 14.2. The summed E-state index contributed by atoms with van der Waals surface area (Å²) in [7, 11) is 3.29. The molecule has 0 fully saturated rings. The van der Waals surface area contributed by atoms with Crippen LogP contribution in [0.5, 0.6) is 5.75 Å². The van der Waals surface area contributed by atoms with E-state index in [4.69, 9.17) is 14.2 Å². The summed E-state index contributed by atoms with van der Waals surface area (Å²) in [6.45, 7) is 6.62. The Kier molecular flexibility index (Phi) is 4.96. The molecule has 0 radical (unpaired) electrons. The molecule has 1 aromatic carbocycles. The van der Waals surface area contributed by atoms with Crippen molar-refractivity contribution in [3.63, 3.8) is 0 Å². The number of ether oxygens (including phenoxy) is 3. The molecule has 0 saturated heterocycles. The average Bonchev–Trinajstić information content (AvgIpc) is 2.44. The van der Waals surface area contributed by atoms with Crippen LogP contribution in [0, 0.1) is 0 Å². The van der Waals surface area contributed by atoms with E-state index in [0.29, 0.717) is 13.2 Å². The van der Waals surface area contributed by atoms with Gasteiger partial charge in [0.15, 0.2) is 0 Å². The molecule has 0 aliphatic carbocycles. The number of methoxy groups -OCH3 is 2. The third-order valence-electron chi connectivity index (χ3n) is 3.64. The van der Waals surface area contributed by atoms with E-state index in [1.165, 1.54) is 5.56 Å². The Morgan fingerprint density at radius 2 is 2.00 bits per heavy atom. The summed E-state index contributed by atoms with van der Waals surface area (Å²) in [5.74, 6) is 0.799. The number of hydrogen-bond donors (Lipinski definition) is 0. The van der Waals surface area contributed by atoms with E-state index < -0.39 is 5.60 Å². The van der Waals surface area contributed by atoms with Crippen molar-refractivity contribution in [3.8, 4) is 5.75 Å². The molecule has 0 spiro atoms. The standard InChI is InChI=1S/C17H25NO4/c1-17(2,3)22-16(19)18-10-13-9-15(21-5)7-6-12(13)8-14(18)11-20-4/h6-7,9,14H,8,10-11H2,1-5H3/t14-/m0/s1. The van der Waals surface area contributed by atoms with Crippen molar-refractivity contribution in [3.05, 3.63) is 29.3 Å². The Balaban J connectivity index is 2.25. The minimum atomic E-state index is -0.511. The molecule has 0 aromatic heterocycles. The number of nitrogens with zero attached hydrogens (tertiary/aromatic N) is 1. The molecule has 22 heavy (non-hydrogen) atoms. The van der Waals surface area contributed by atoms with E-state index in [0.717, 1.165) is 17.7 Å². The maximum atomic E-state index is 12.5. The molecule has 1 heterocycles. The van der Waals surface area contributed by atoms with Crippen molar-refractivity contribution in [2.45, 2.75) is 45.4 Å².